The fourth-order valence-corrected chi connectivity index (χ4v) is 2.48. The summed E-state index contributed by atoms with van der Waals surface area (Å²) >= 11 is 0. The molecule has 0 radical (unpaired) electrons. The van der Waals surface area contributed by atoms with Crippen LogP contribution in [-0.2, 0) is 0 Å². The topological polar surface area (TPSA) is 12.0 Å². The van der Waals surface area contributed by atoms with Crippen LogP contribution in [0.5, 0.6) is 0 Å². The molecule has 0 aliphatic heterocycles. The SMILES string of the molecule is CNc1ccccc1/C=C/c1ccccc1C1CC1. The van der Waals surface area contributed by atoms with E-state index in [1.54, 1.807) is 0 Å². The van der Waals surface area contributed by atoms with E-state index >= 15 is 0 Å². The first-order valence-corrected chi connectivity index (χ1v) is 6.92. The van der Waals surface area contributed by atoms with Crippen molar-refractivity contribution >= 4 is 17.8 Å². The molecule has 19 heavy (non-hydrogen) atoms. The van der Waals surface area contributed by atoms with Crippen LogP contribution in [0.2, 0.25) is 0 Å². The van der Waals surface area contributed by atoms with E-state index in [1.165, 1.54) is 35.2 Å². The molecule has 1 saturated carbocycles. The Hall–Kier alpha value is -2.02. The van der Waals surface area contributed by atoms with Crippen LogP contribution < -0.4 is 5.32 Å². The zero-order valence-electron chi connectivity index (χ0n) is 11.3. The molecular weight excluding hydrogens is 230 g/mol. The lowest BCUT2D eigenvalue weighted by atomic mass is 10.0. The first-order valence-electron chi connectivity index (χ1n) is 6.92. The molecule has 0 amide bonds. The second-order valence-corrected chi connectivity index (χ2v) is 5.07. The van der Waals surface area contributed by atoms with Crippen molar-refractivity contribution < 1.29 is 0 Å². The van der Waals surface area contributed by atoms with Gasteiger partial charge in [-0.05, 0) is 41.5 Å². The van der Waals surface area contributed by atoms with Crippen LogP contribution in [0.1, 0.15) is 35.4 Å². The number of nitrogens with one attached hydrogen (secondary N) is 1. The lowest BCUT2D eigenvalue weighted by Gasteiger charge is -2.06. The lowest BCUT2D eigenvalue weighted by molar-refractivity contribution is 1.12. The third-order valence-corrected chi connectivity index (χ3v) is 3.69. The minimum Gasteiger partial charge on any atom is -0.388 e. The van der Waals surface area contributed by atoms with Crippen molar-refractivity contribution in [3.63, 3.8) is 0 Å². The van der Waals surface area contributed by atoms with Crippen molar-refractivity contribution in [1.29, 1.82) is 0 Å². The molecule has 0 unspecified atom stereocenters. The van der Waals surface area contributed by atoms with E-state index in [1.807, 2.05) is 7.05 Å². The molecule has 1 fully saturated rings. The van der Waals surface area contributed by atoms with Gasteiger partial charge >= 0.3 is 0 Å². The predicted octanol–water partition coefficient (Wildman–Crippen LogP) is 4.78. The molecule has 96 valence electrons. The number of para-hydroxylation sites is 1. The third kappa shape index (κ3) is 2.70. The van der Waals surface area contributed by atoms with E-state index in [9.17, 15) is 0 Å². The van der Waals surface area contributed by atoms with E-state index in [0.717, 1.165) is 5.92 Å². The summed E-state index contributed by atoms with van der Waals surface area (Å²) in [5, 5.41) is 3.23. The van der Waals surface area contributed by atoms with Crippen molar-refractivity contribution in [2.45, 2.75) is 18.8 Å². The summed E-state index contributed by atoms with van der Waals surface area (Å²) in [7, 11) is 1.96. The van der Waals surface area contributed by atoms with Gasteiger partial charge < -0.3 is 5.32 Å². The monoisotopic (exact) mass is 249 g/mol. The summed E-state index contributed by atoms with van der Waals surface area (Å²) in [5.41, 5.74) is 5.26. The van der Waals surface area contributed by atoms with Crippen molar-refractivity contribution in [1.82, 2.24) is 0 Å². The Morgan fingerprint density at radius 3 is 2.26 bits per heavy atom. The maximum Gasteiger partial charge on any atom is 0.0411 e. The van der Waals surface area contributed by atoms with E-state index in [0.29, 0.717) is 0 Å². The van der Waals surface area contributed by atoms with Gasteiger partial charge in [0, 0.05) is 12.7 Å². The van der Waals surface area contributed by atoms with Gasteiger partial charge in [-0.15, -0.1) is 0 Å². The van der Waals surface area contributed by atoms with Gasteiger partial charge in [0.1, 0.15) is 0 Å². The summed E-state index contributed by atoms with van der Waals surface area (Å²) in [6.07, 6.45) is 7.13. The highest BCUT2D eigenvalue weighted by atomic mass is 14.8. The average Bonchev–Trinajstić information content (AvgIpc) is 3.30. The Bertz CT molecular complexity index is 594. The van der Waals surface area contributed by atoms with Crippen LogP contribution in [0, 0.1) is 0 Å². The Morgan fingerprint density at radius 2 is 1.53 bits per heavy atom. The average molecular weight is 249 g/mol. The van der Waals surface area contributed by atoms with E-state index in [2.05, 4.69) is 66.0 Å². The molecular formula is C18H19N. The minimum atomic E-state index is 0.792. The van der Waals surface area contributed by atoms with Gasteiger partial charge in [-0.25, -0.2) is 0 Å². The summed E-state index contributed by atoms with van der Waals surface area (Å²) in [5.74, 6) is 0.792. The zero-order valence-corrected chi connectivity index (χ0v) is 11.3. The second kappa shape index (κ2) is 5.31. The molecule has 2 aromatic carbocycles. The molecule has 1 N–H and O–H groups in total. The standard InChI is InChI=1S/C18H19N/c1-19-18-9-5-3-7-16(18)13-12-14-6-2-4-8-17(14)15-10-11-15/h2-9,12-13,15,19H,10-11H2,1H3/b13-12+. The molecule has 0 spiro atoms. The summed E-state index contributed by atoms with van der Waals surface area (Å²) in [6, 6.07) is 17.1. The predicted molar refractivity (Wildman–Crippen MR) is 83.3 cm³/mol. The number of rotatable bonds is 4. The molecule has 1 heteroatoms. The van der Waals surface area contributed by atoms with Crippen LogP contribution in [0.3, 0.4) is 0 Å². The molecule has 1 aliphatic carbocycles. The maximum atomic E-state index is 3.23. The largest absolute Gasteiger partial charge is 0.388 e. The maximum absolute atomic E-state index is 3.23. The Labute approximate surface area is 115 Å². The van der Waals surface area contributed by atoms with Crippen LogP contribution in [0.25, 0.3) is 12.2 Å². The van der Waals surface area contributed by atoms with Gasteiger partial charge in [-0.1, -0.05) is 54.6 Å². The van der Waals surface area contributed by atoms with Crippen molar-refractivity contribution in [3.8, 4) is 0 Å². The van der Waals surface area contributed by atoms with Crippen molar-refractivity contribution in [2.24, 2.45) is 0 Å². The van der Waals surface area contributed by atoms with E-state index < -0.39 is 0 Å². The normalized spacial score (nSPS) is 14.8. The quantitative estimate of drug-likeness (QED) is 0.769. The smallest absolute Gasteiger partial charge is 0.0411 e. The van der Waals surface area contributed by atoms with Gasteiger partial charge in [-0.2, -0.15) is 0 Å². The third-order valence-electron chi connectivity index (χ3n) is 3.69. The number of hydrogen-bond acceptors (Lipinski definition) is 1. The van der Waals surface area contributed by atoms with E-state index in [-0.39, 0.29) is 0 Å². The summed E-state index contributed by atoms with van der Waals surface area (Å²) in [4.78, 5) is 0. The molecule has 0 heterocycles. The highest BCUT2D eigenvalue weighted by molar-refractivity contribution is 5.77. The van der Waals surface area contributed by atoms with Crippen LogP contribution >= 0.6 is 0 Å². The Kier molecular flexibility index (Phi) is 3.37. The van der Waals surface area contributed by atoms with Gasteiger partial charge in [0.15, 0.2) is 0 Å². The molecule has 1 aliphatic rings. The molecule has 0 saturated heterocycles. The molecule has 2 aromatic rings. The molecule has 0 bridgehead atoms. The number of hydrogen-bond donors (Lipinski definition) is 1. The van der Waals surface area contributed by atoms with Gasteiger partial charge in [0.2, 0.25) is 0 Å². The fraction of sp³-hybridized carbons (Fsp3) is 0.222. The first-order chi connectivity index (χ1) is 9.38. The fourth-order valence-electron chi connectivity index (χ4n) is 2.48. The van der Waals surface area contributed by atoms with Gasteiger partial charge in [0.05, 0.1) is 0 Å². The molecule has 0 aromatic heterocycles. The van der Waals surface area contributed by atoms with Crippen LogP contribution in [0.4, 0.5) is 5.69 Å². The minimum absolute atomic E-state index is 0.792. The van der Waals surface area contributed by atoms with Gasteiger partial charge in [-0.3, -0.25) is 0 Å². The highest BCUT2D eigenvalue weighted by Gasteiger charge is 2.24. The zero-order chi connectivity index (χ0) is 13.1. The molecule has 1 nitrogen and oxygen atoms in total. The molecule has 3 rings (SSSR count). The Balaban J connectivity index is 1.90. The highest BCUT2D eigenvalue weighted by Crippen LogP contribution is 2.42. The Morgan fingerprint density at radius 1 is 0.895 bits per heavy atom. The van der Waals surface area contributed by atoms with Crippen LogP contribution in [-0.4, -0.2) is 7.05 Å². The lowest BCUT2D eigenvalue weighted by Crippen LogP contribution is -1.90. The number of anilines is 1. The van der Waals surface area contributed by atoms with Crippen molar-refractivity contribution in [3.05, 3.63) is 65.2 Å². The second-order valence-electron chi connectivity index (χ2n) is 5.07. The first kappa shape index (κ1) is 12.0. The summed E-state index contributed by atoms with van der Waals surface area (Å²) < 4.78 is 0. The van der Waals surface area contributed by atoms with Crippen LogP contribution in [0.15, 0.2) is 48.5 Å². The summed E-state index contributed by atoms with van der Waals surface area (Å²) in [6.45, 7) is 0. The van der Waals surface area contributed by atoms with Gasteiger partial charge in [0.25, 0.3) is 0 Å². The molecule has 0 atom stereocenters. The van der Waals surface area contributed by atoms with E-state index in [4.69, 9.17) is 0 Å². The number of benzene rings is 2. The van der Waals surface area contributed by atoms with Crippen molar-refractivity contribution in [2.75, 3.05) is 12.4 Å².